The van der Waals surface area contributed by atoms with E-state index in [4.69, 9.17) is 4.74 Å². The number of ether oxygens (including phenoxy) is 1. The van der Waals surface area contributed by atoms with E-state index >= 15 is 0 Å². The molecule has 1 N–H and O–H groups in total. The minimum atomic E-state index is -0.547. The quantitative estimate of drug-likeness (QED) is 0.762. The van der Waals surface area contributed by atoms with Gasteiger partial charge in [0.05, 0.1) is 12.7 Å². The smallest absolute Gasteiger partial charge is 0.119 e. The minimum Gasteiger partial charge on any atom is -0.497 e. The van der Waals surface area contributed by atoms with Crippen LogP contribution in [0.1, 0.15) is 69.4 Å². The molecular formula is C23H32O2. The summed E-state index contributed by atoms with van der Waals surface area (Å²) in [6.45, 7) is 8.52. The molecule has 2 nitrogen and oxygen atoms in total. The summed E-state index contributed by atoms with van der Waals surface area (Å²) in [6, 6.07) is 6.68. The first-order chi connectivity index (χ1) is 11.9. The van der Waals surface area contributed by atoms with Crippen LogP contribution in [0.3, 0.4) is 0 Å². The second-order valence-electron chi connectivity index (χ2n) is 9.14. The predicted octanol–water partition coefficient (Wildman–Crippen LogP) is 5.25. The van der Waals surface area contributed by atoms with Crippen molar-refractivity contribution in [3.8, 4) is 5.75 Å². The molecule has 1 unspecified atom stereocenters. The number of aryl methyl sites for hydroxylation is 1. The maximum Gasteiger partial charge on any atom is 0.119 e. The maximum atomic E-state index is 11.5. The number of hydrogen-bond donors (Lipinski definition) is 1. The highest BCUT2D eigenvalue weighted by atomic mass is 16.5. The van der Waals surface area contributed by atoms with Crippen LogP contribution in [0.5, 0.6) is 5.75 Å². The molecule has 1 aromatic rings. The van der Waals surface area contributed by atoms with Crippen molar-refractivity contribution in [1.82, 2.24) is 0 Å². The number of benzene rings is 1. The van der Waals surface area contributed by atoms with Crippen molar-refractivity contribution >= 4 is 0 Å². The van der Waals surface area contributed by atoms with E-state index < -0.39 is 5.60 Å². The van der Waals surface area contributed by atoms with E-state index in [2.05, 4.69) is 38.6 Å². The zero-order valence-corrected chi connectivity index (χ0v) is 16.0. The Morgan fingerprint density at radius 2 is 2.08 bits per heavy atom. The van der Waals surface area contributed by atoms with Crippen molar-refractivity contribution < 1.29 is 9.84 Å². The topological polar surface area (TPSA) is 29.5 Å². The standard InChI is InChI=1S/C23H32O2/c1-15(2)14-23(24)12-10-21-20-7-5-16-13-17(25-4)6-8-18(16)19(20)9-11-22(21,23)3/h6,8,13,19-21,24H,1,5,7,9-12,14H2,2-4H3/t19-,20-,21+,22+,23?/m1/s1. The third kappa shape index (κ3) is 2.48. The lowest BCUT2D eigenvalue weighted by molar-refractivity contribution is -0.102. The summed E-state index contributed by atoms with van der Waals surface area (Å²) in [5, 5.41) is 11.5. The second-order valence-corrected chi connectivity index (χ2v) is 9.14. The lowest BCUT2D eigenvalue weighted by Crippen LogP contribution is -2.50. The van der Waals surface area contributed by atoms with Crippen molar-refractivity contribution in [2.45, 2.75) is 70.3 Å². The van der Waals surface area contributed by atoms with E-state index in [1.807, 2.05) is 0 Å². The van der Waals surface area contributed by atoms with Crippen LogP contribution in [0.4, 0.5) is 0 Å². The monoisotopic (exact) mass is 340 g/mol. The Morgan fingerprint density at radius 3 is 2.80 bits per heavy atom. The van der Waals surface area contributed by atoms with Gasteiger partial charge in [-0.3, -0.25) is 0 Å². The van der Waals surface area contributed by atoms with Crippen LogP contribution in [0.25, 0.3) is 0 Å². The Balaban J connectivity index is 1.65. The zero-order valence-electron chi connectivity index (χ0n) is 16.0. The van der Waals surface area contributed by atoms with Gasteiger partial charge in [0.15, 0.2) is 0 Å². The summed E-state index contributed by atoms with van der Waals surface area (Å²) >= 11 is 0. The minimum absolute atomic E-state index is 0.0527. The van der Waals surface area contributed by atoms with Crippen LogP contribution in [0.2, 0.25) is 0 Å². The fourth-order valence-corrected chi connectivity index (χ4v) is 6.59. The Kier molecular flexibility index (Phi) is 4.03. The fraction of sp³-hybridized carbons (Fsp3) is 0.652. The lowest BCUT2D eigenvalue weighted by Gasteiger charge is -2.53. The van der Waals surface area contributed by atoms with Crippen LogP contribution in [-0.2, 0) is 6.42 Å². The molecule has 0 aliphatic heterocycles. The van der Waals surface area contributed by atoms with Gasteiger partial charge in [-0.15, -0.1) is 6.58 Å². The van der Waals surface area contributed by atoms with Gasteiger partial charge in [0.1, 0.15) is 5.75 Å². The summed E-state index contributed by atoms with van der Waals surface area (Å²) in [6.07, 6.45) is 7.63. The van der Waals surface area contributed by atoms with Gasteiger partial charge in [0.25, 0.3) is 0 Å². The lowest BCUT2D eigenvalue weighted by atomic mass is 9.53. The molecule has 136 valence electrons. The van der Waals surface area contributed by atoms with Crippen molar-refractivity contribution in [2.24, 2.45) is 17.3 Å². The van der Waals surface area contributed by atoms with Gasteiger partial charge in [-0.2, -0.15) is 0 Å². The van der Waals surface area contributed by atoms with Crippen LogP contribution in [0.15, 0.2) is 30.4 Å². The third-order valence-corrected chi connectivity index (χ3v) is 7.85. The SMILES string of the molecule is C=C(C)CC1(O)CC[C@H]2[C@@H]3CCc4cc(OC)ccc4[C@H]3CC[C@@]21C. The first kappa shape index (κ1) is 17.1. The average molecular weight is 341 g/mol. The molecule has 2 fully saturated rings. The van der Waals surface area contributed by atoms with Gasteiger partial charge in [-0.05, 0) is 98.3 Å². The molecule has 2 saturated carbocycles. The second kappa shape index (κ2) is 5.87. The molecule has 0 aromatic heterocycles. The molecule has 1 aromatic carbocycles. The van der Waals surface area contributed by atoms with Crippen molar-refractivity contribution in [3.05, 3.63) is 41.5 Å². The molecular weight excluding hydrogens is 308 g/mol. The van der Waals surface area contributed by atoms with Gasteiger partial charge < -0.3 is 9.84 Å². The molecule has 0 radical (unpaired) electrons. The van der Waals surface area contributed by atoms with Gasteiger partial charge >= 0.3 is 0 Å². The largest absolute Gasteiger partial charge is 0.497 e. The highest BCUT2D eigenvalue weighted by molar-refractivity contribution is 5.41. The average Bonchev–Trinajstić information content (AvgIpc) is 2.84. The van der Waals surface area contributed by atoms with E-state index in [0.29, 0.717) is 11.8 Å². The van der Waals surface area contributed by atoms with Crippen LogP contribution in [-0.4, -0.2) is 17.8 Å². The van der Waals surface area contributed by atoms with E-state index in [-0.39, 0.29) is 5.41 Å². The summed E-state index contributed by atoms with van der Waals surface area (Å²) in [7, 11) is 1.75. The molecule has 4 rings (SSSR count). The molecule has 3 aliphatic carbocycles. The summed E-state index contributed by atoms with van der Waals surface area (Å²) in [4.78, 5) is 0. The molecule has 5 atom stereocenters. The maximum absolute atomic E-state index is 11.5. The molecule has 0 saturated heterocycles. The van der Waals surface area contributed by atoms with Crippen LogP contribution in [0, 0.1) is 17.3 Å². The van der Waals surface area contributed by atoms with Crippen molar-refractivity contribution in [3.63, 3.8) is 0 Å². The van der Waals surface area contributed by atoms with Gasteiger partial charge in [0, 0.05) is 0 Å². The number of rotatable bonds is 3. The van der Waals surface area contributed by atoms with E-state index in [0.717, 1.165) is 42.9 Å². The predicted molar refractivity (Wildman–Crippen MR) is 102 cm³/mol. The van der Waals surface area contributed by atoms with Gasteiger partial charge in [0.2, 0.25) is 0 Å². The summed E-state index contributed by atoms with van der Waals surface area (Å²) < 4.78 is 5.42. The third-order valence-electron chi connectivity index (χ3n) is 7.85. The molecule has 3 aliphatic rings. The summed E-state index contributed by atoms with van der Waals surface area (Å²) in [5.41, 5.74) is 3.66. The highest BCUT2D eigenvalue weighted by Crippen LogP contribution is 2.65. The number of fused-ring (bicyclic) bond motifs is 5. The normalized spacial score (nSPS) is 39.3. The van der Waals surface area contributed by atoms with Crippen LogP contribution < -0.4 is 4.74 Å². The fourth-order valence-electron chi connectivity index (χ4n) is 6.59. The molecule has 0 spiro atoms. The van der Waals surface area contributed by atoms with Gasteiger partial charge in [-0.1, -0.05) is 18.6 Å². The Bertz CT molecular complexity index is 693. The van der Waals surface area contributed by atoms with Crippen LogP contribution >= 0.6 is 0 Å². The highest BCUT2D eigenvalue weighted by Gasteiger charge is 2.61. The van der Waals surface area contributed by atoms with E-state index in [1.54, 1.807) is 12.7 Å². The molecule has 0 bridgehead atoms. The van der Waals surface area contributed by atoms with E-state index in [9.17, 15) is 5.11 Å². The zero-order chi connectivity index (χ0) is 17.8. The Morgan fingerprint density at radius 1 is 1.28 bits per heavy atom. The number of aliphatic hydroxyl groups is 1. The molecule has 0 amide bonds. The Labute approximate surface area is 152 Å². The van der Waals surface area contributed by atoms with Crippen molar-refractivity contribution in [1.29, 1.82) is 0 Å². The number of methoxy groups -OCH3 is 1. The molecule has 25 heavy (non-hydrogen) atoms. The first-order valence-corrected chi connectivity index (χ1v) is 9.91. The van der Waals surface area contributed by atoms with Gasteiger partial charge in [-0.25, -0.2) is 0 Å². The number of hydrogen-bond acceptors (Lipinski definition) is 2. The molecule has 2 heteroatoms. The van der Waals surface area contributed by atoms with E-state index in [1.165, 1.54) is 24.8 Å². The Hall–Kier alpha value is -1.28. The molecule has 0 heterocycles. The summed E-state index contributed by atoms with van der Waals surface area (Å²) in [5.74, 6) is 3.01. The first-order valence-electron chi connectivity index (χ1n) is 9.91. The van der Waals surface area contributed by atoms with Crippen molar-refractivity contribution in [2.75, 3.05) is 7.11 Å².